The highest BCUT2D eigenvalue weighted by molar-refractivity contribution is 7.98. The Labute approximate surface area is 117 Å². The molecule has 3 nitrogen and oxygen atoms in total. The molecule has 0 aliphatic heterocycles. The number of hydrogen-bond donors (Lipinski definition) is 1. The first-order valence-electron chi connectivity index (χ1n) is 6.00. The summed E-state index contributed by atoms with van der Waals surface area (Å²) in [4.78, 5) is 3.25. The number of nitrogens with zero attached hydrogens (tertiary/aromatic N) is 1. The Bertz CT molecular complexity index is 586. The van der Waals surface area contributed by atoms with Crippen LogP contribution >= 0.6 is 24.0 Å². The molecule has 0 saturated carbocycles. The summed E-state index contributed by atoms with van der Waals surface area (Å²) >= 11 is 7.20. The number of H-pyrrole nitrogens is 1. The van der Waals surface area contributed by atoms with Crippen LogP contribution < -0.4 is 4.74 Å². The number of ether oxygens (including phenoxy) is 1. The van der Waals surface area contributed by atoms with Crippen molar-refractivity contribution < 1.29 is 4.74 Å². The van der Waals surface area contributed by atoms with Gasteiger partial charge in [0.05, 0.1) is 11.6 Å². The Kier molecular flexibility index (Phi) is 4.35. The van der Waals surface area contributed by atoms with Gasteiger partial charge in [0.2, 0.25) is 0 Å². The number of rotatable bonds is 5. The van der Waals surface area contributed by atoms with Gasteiger partial charge in [-0.25, -0.2) is 0 Å². The highest BCUT2D eigenvalue weighted by Crippen LogP contribution is 2.25. The minimum atomic E-state index is 0.159. The Morgan fingerprint density at radius 3 is 2.89 bits per heavy atom. The maximum Gasteiger partial charge on any atom is 0.178 e. The molecule has 0 unspecified atom stereocenters. The third-order valence-corrected chi connectivity index (χ3v) is 3.57. The van der Waals surface area contributed by atoms with E-state index in [1.807, 2.05) is 37.7 Å². The molecular weight excluding hydrogens is 264 g/mol. The zero-order valence-corrected chi connectivity index (χ0v) is 12.5. The van der Waals surface area contributed by atoms with Crippen LogP contribution in [-0.4, -0.2) is 27.7 Å². The normalized spacial score (nSPS) is 11.3. The molecule has 0 amide bonds. The number of aryl methyl sites for hydroxylation is 1. The molecule has 5 heteroatoms. The minimum Gasteiger partial charge on any atom is -0.489 e. The highest BCUT2D eigenvalue weighted by Gasteiger charge is 2.09. The second-order valence-electron chi connectivity index (χ2n) is 4.39. The molecule has 0 aliphatic rings. The lowest BCUT2D eigenvalue weighted by Crippen LogP contribution is -2.06. The first-order valence-corrected chi connectivity index (χ1v) is 7.81. The van der Waals surface area contributed by atoms with Gasteiger partial charge in [0.1, 0.15) is 11.3 Å². The van der Waals surface area contributed by atoms with E-state index in [9.17, 15) is 0 Å². The van der Waals surface area contributed by atoms with E-state index in [-0.39, 0.29) is 6.10 Å². The first-order chi connectivity index (χ1) is 8.63. The van der Waals surface area contributed by atoms with E-state index < -0.39 is 0 Å². The maximum atomic E-state index is 5.80. The number of hydrogen-bond acceptors (Lipinski definition) is 3. The Morgan fingerprint density at radius 2 is 2.22 bits per heavy atom. The predicted octanol–water partition coefficient (Wildman–Crippen LogP) is 3.85. The highest BCUT2D eigenvalue weighted by atomic mass is 32.2. The van der Waals surface area contributed by atoms with Crippen molar-refractivity contribution in [1.29, 1.82) is 0 Å². The van der Waals surface area contributed by atoms with Crippen LogP contribution in [-0.2, 0) is 6.54 Å². The second-order valence-corrected chi connectivity index (χ2v) is 5.76. The topological polar surface area (TPSA) is 29.9 Å². The van der Waals surface area contributed by atoms with Crippen molar-refractivity contribution in [2.45, 2.75) is 26.5 Å². The molecule has 18 heavy (non-hydrogen) atoms. The molecule has 2 aromatic rings. The van der Waals surface area contributed by atoms with Crippen LogP contribution in [0, 0.1) is 4.77 Å². The number of nitrogens with one attached hydrogen (secondary N) is 1. The lowest BCUT2D eigenvalue weighted by molar-refractivity contribution is 0.245. The summed E-state index contributed by atoms with van der Waals surface area (Å²) in [5.41, 5.74) is 2.12. The molecule has 0 bridgehead atoms. The van der Waals surface area contributed by atoms with Gasteiger partial charge in [-0.15, -0.1) is 0 Å². The van der Waals surface area contributed by atoms with Crippen LogP contribution in [0.3, 0.4) is 0 Å². The van der Waals surface area contributed by atoms with Crippen LogP contribution in [0.2, 0.25) is 0 Å². The van der Waals surface area contributed by atoms with Gasteiger partial charge in [-0.3, -0.25) is 0 Å². The standard InChI is InChI=1S/C13H18N2OS2/c1-9(2)16-11-6-4-5-10-12(11)14-13(17)15(10)7-8-18-3/h4-6,9H,7-8H2,1-3H3,(H,14,17). The van der Waals surface area contributed by atoms with E-state index in [1.165, 1.54) is 0 Å². The quantitative estimate of drug-likeness (QED) is 0.845. The molecule has 2 rings (SSSR count). The molecule has 0 spiro atoms. The van der Waals surface area contributed by atoms with Crippen molar-refractivity contribution in [1.82, 2.24) is 9.55 Å². The summed E-state index contributed by atoms with van der Waals surface area (Å²) in [7, 11) is 0. The Balaban J connectivity index is 2.49. The fourth-order valence-electron chi connectivity index (χ4n) is 1.91. The van der Waals surface area contributed by atoms with Gasteiger partial charge >= 0.3 is 0 Å². The van der Waals surface area contributed by atoms with Crippen LogP contribution in [0.1, 0.15) is 13.8 Å². The third kappa shape index (κ3) is 2.72. The molecular formula is C13H18N2OS2. The van der Waals surface area contributed by atoms with Gasteiger partial charge in [-0.2, -0.15) is 11.8 Å². The molecule has 0 saturated heterocycles. The van der Waals surface area contributed by atoms with Crippen molar-refractivity contribution in [2.75, 3.05) is 12.0 Å². The molecule has 1 N–H and O–H groups in total. The fourth-order valence-corrected chi connectivity index (χ4v) is 2.57. The van der Waals surface area contributed by atoms with Gasteiger partial charge in [-0.1, -0.05) is 6.07 Å². The van der Waals surface area contributed by atoms with Gasteiger partial charge < -0.3 is 14.3 Å². The van der Waals surface area contributed by atoms with Crippen molar-refractivity contribution >= 4 is 35.0 Å². The fraction of sp³-hybridized carbons (Fsp3) is 0.462. The van der Waals surface area contributed by atoms with E-state index in [1.54, 1.807) is 0 Å². The van der Waals surface area contributed by atoms with E-state index in [4.69, 9.17) is 17.0 Å². The van der Waals surface area contributed by atoms with E-state index in [2.05, 4.69) is 21.9 Å². The van der Waals surface area contributed by atoms with E-state index >= 15 is 0 Å². The Morgan fingerprint density at radius 1 is 1.44 bits per heavy atom. The van der Waals surface area contributed by atoms with Crippen molar-refractivity contribution in [2.24, 2.45) is 0 Å². The van der Waals surface area contributed by atoms with Gasteiger partial charge in [0, 0.05) is 12.3 Å². The van der Waals surface area contributed by atoms with Crippen molar-refractivity contribution in [3.63, 3.8) is 0 Å². The lowest BCUT2D eigenvalue weighted by atomic mass is 10.3. The van der Waals surface area contributed by atoms with E-state index in [0.717, 1.165) is 33.9 Å². The zero-order chi connectivity index (χ0) is 13.1. The molecule has 98 valence electrons. The molecule has 1 heterocycles. The number of benzene rings is 1. The molecule has 0 aliphatic carbocycles. The monoisotopic (exact) mass is 282 g/mol. The smallest absolute Gasteiger partial charge is 0.178 e. The van der Waals surface area contributed by atoms with Gasteiger partial charge in [0.15, 0.2) is 4.77 Å². The summed E-state index contributed by atoms with van der Waals surface area (Å²) in [5, 5.41) is 0. The summed E-state index contributed by atoms with van der Waals surface area (Å²) < 4.78 is 8.70. The number of aromatic amines is 1. The average molecular weight is 282 g/mol. The summed E-state index contributed by atoms with van der Waals surface area (Å²) in [6.07, 6.45) is 2.26. The van der Waals surface area contributed by atoms with Crippen LogP contribution in [0.25, 0.3) is 11.0 Å². The SMILES string of the molecule is CSCCn1c(=S)[nH]c2c(OC(C)C)cccc21. The number of aromatic nitrogens is 2. The zero-order valence-electron chi connectivity index (χ0n) is 10.9. The second kappa shape index (κ2) is 5.80. The summed E-state index contributed by atoms with van der Waals surface area (Å²) in [6.45, 7) is 4.97. The molecule has 0 atom stereocenters. The van der Waals surface area contributed by atoms with Crippen LogP contribution in [0.4, 0.5) is 0 Å². The van der Waals surface area contributed by atoms with Crippen molar-refractivity contribution in [3.05, 3.63) is 23.0 Å². The largest absolute Gasteiger partial charge is 0.489 e. The third-order valence-electron chi connectivity index (χ3n) is 2.65. The molecule has 1 aromatic carbocycles. The van der Waals surface area contributed by atoms with Gasteiger partial charge in [0.25, 0.3) is 0 Å². The predicted molar refractivity (Wildman–Crippen MR) is 81.3 cm³/mol. The molecule has 0 radical (unpaired) electrons. The summed E-state index contributed by atoms with van der Waals surface area (Å²) in [6, 6.07) is 6.07. The molecule has 0 fully saturated rings. The summed E-state index contributed by atoms with van der Waals surface area (Å²) in [5.74, 6) is 1.92. The number of fused-ring (bicyclic) bond motifs is 1. The first kappa shape index (κ1) is 13.5. The lowest BCUT2D eigenvalue weighted by Gasteiger charge is -2.10. The number of para-hydroxylation sites is 1. The van der Waals surface area contributed by atoms with Gasteiger partial charge in [-0.05, 0) is 44.5 Å². The van der Waals surface area contributed by atoms with Crippen LogP contribution in [0.15, 0.2) is 18.2 Å². The van der Waals surface area contributed by atoms with Crippen molar-refractivity contribution in [3.8, 4) is 5.75 Å². The number of thioether (sulfide) groups is 1. The molecule has 1 aromatic heterocycles. The average Bonchev–Trinajstić information content (AvgIpc) is 2.63. The maximum absolute atomic E-state index is 5.80. The van der Waals surface area contributed by atoms with Crippen LogP contribution in [0.5, 0.6) is 5.75 Å². The van der Waals surface area contributed by atoms with E-state index in [0.29, 0.717) is 0 Å². The minimum absolute atomic E-state index is 0.159. The Hall–Kier alpha value is -0.940. The number of imidazole rings is 1.